The highest BCUT2D eigenvalue weighted by Gasteiger charge is 2.11. The molecule has 1 atom stereocenters. The largest absolute Gasteiger partial charge is 0.381 e. The van der Waals surface area contributed by atoms with Crippen molar-refractivity contribution < 1.29 is 0 Å². The number of nitrogens with one attached hydrogen (secondary N) is 1. The number of nitrogens with zero attached hydrogens (tertiary/aromatic N) is 3. The van der Waals surface area contributed by atoms with E-state index in [9.17, 15) is 0 Å². The van der Waals surface area contributed by atoms with Gasteiger partial charge in [-0.15, -0.1) is 0 Å². The highest BCUT2D eigenvalue weighted by atomic mass is 35.5. The second-order valence-corrected chi connectivity index (χ2v) is 4.72. The number of anilines is 1. The van der Waals surface area contributed by atoms with E-state index in [4.69, 9.17) is 11.6 Å². The van der Waals surface area contributed by atoms with Crippen molar-refractivity contribution >= 4 is 17.3 Å². The van der Waals surface area contributed by atoms with Gasteiger partial charge >= 0.3 is 0 Å². The van der Waals surface area contributed by atoms with Crippen molar-refractivity contribution in [3.63, 3.8) is 0 Å². The molecule has 0 saturated heterocycles. The molecule has 0 saturated carbocycles. The van der Waals surface area contributed by atoms with E-state index in [1.165, 1.54) is 6.33 Å². The minimum Gasteiger partial charge on any atom is -0.381 e. The van der Waals surface area contributed by atoms with Crippen LogP contribution in [0.4, 0.5) is 5.69 Å². The molecule has 0 aliphatic rings. The Labute approximate surface area is 112 Å². The zero-order chi connectivity index (χ0) is 13.0. The number of hydrogen-bond donors (Lipinski definition) is 1. The van der Waals surface area contributed by atoms with Gasteiger partial charge in [-0.05, 0) is 25.5 Å². The zero-order valence-electron chi connectivity index (χ0n) is 10.6. The van der Waals surface area contributed by atoms with E-state index in [0.717, 1.165) is 24.2 Å². The molecule has 2 rings (SSSR count). The van der Waals surface area contributed by atoms with Crippen LogP contribution in [0.5, 0.6) is 0 Å². The van der Waals surface area contributed by atoms with Gasteiger partial charge in [0.1, 0.15) is 18.3 Å². The molecule has 0 aliphatic carbocycles. The van der Waals surface area contributed by atoms with E-state index in [2.05, 4.69) is 29.2 Å². The van der Waals surface area contributed by atoms with E-state index < -0.39 is 0 Å². The van der Waals surface area contributed by atoms with Crippen molar-refractivity contribution in [1.29, 1.82) is 0 Å². The first-order valence-corrected chi connectivity index (χ1v) is 6.50. The highest BCUT2D eigenvalue weighted by Crippen LogP contribution is 2.28. The average Bonchev–Trinajstić information content (AvgIpc) is 2.82. The number of hydrogen-bond acceptors (Lipinski definition) is 3. The van der Waals surface area contributed by atoms with Gasteiger partial charge < -0.3 is 5.32 Å². The van der Waals surface area contributed by atoms with Crippen LogP contribution in [0.1, 0.15) is 26.7 Å². The smallest absolute Gasteiger partial charge is 0.138 e. The third-order valence-corrected chi connectivity index (χ3v) is 3.06. The molecule has 0 amide bonds. The molecule has 1 aromatic carbocycles. The van der Waals surface area contributed by atoms with Crippen LogP contribution in [0, 0.1) is 0 Å². The molecule has 0 radical (unpaired) electrons. The van der Waals surface area contributed by atoms with Gasteiger partial charge in [-0.1, -0.05) is 31.0 Å². The lowest BCUT2D eigenvalue weighted by Gasteiger charge is -2.18. The molecular weight excluding hydrogens is 248 g/mol. The second-order valence-electron chi connectivity index (χ2n) is 4.31. The minimum atomic E-state index is 0.399. The SMILES string of the molecule is CCCC(C)Nc1cccc(Cl)c1-n1cncn1. The molecule has 1 heterocycles. The fourth-order valence-corrected chi connectivity index (χ4v) is 2.22. The summed E-state index contributed by atoms with van der Waals surface area (Å²) in [5.74, 6) is 0. The molecule has 0 bridgehead atoms. The molecule has 1 N–H and O–H groups in total. The Hall–Kier alpha value is -1.55. The third kappa shape index (κ3) is 2.82. The van der Waals surface area contributed by atoms with Crippen molar-refractivity contribution in [1.82, 2.24) is 14.8 Å². The van der Waals surface area contributed by atoms with Crippen LogP contribution in [-0.2, 0) is 0 Å². The predicted molar refractivity (Wildman–Crippen MR) is 74.4 cm³/mol. The van der Waals surface area contributed by atoms with Crippen molar-refractivity contribution in [2.45, 2.75) is 32.7 Å². The summed E-state index contributed by atoms with van der Waals surface area (Å²) in [4.78, 5) is 3.96. The van der Waals surface area contributed by atoms with E-state index in [-0.39, 0.29) is 0 Å². The van der Waals surface area contributed by atoms with Crippen molar-refractivity contribution in [2.75, 3.05) is 5.32 Å². The van der Waals surface area contributed by atoms with Crippen molar-refractivity contribution in [3.05, 3.63) is 35.9 Å². The maximum absolute atomic E-state index is 6.25. The van der Waals surface area contributed by atoms with Gasteiger partial charge in [0.05, 0.1) is 10.7 Å². The van der Waals surface area contributed by atoms with Crippen LogP contribution in [0.25, 0.3) is 5.69 Å². The Morgan fingerprint density at radius 3 is 2.94 bits per heavy atom. The monoisotopic (exact) mass is 264 g/mol. The Morgan fingerprint density at radius 1 is 1.44 bits per heavy atom. The summed E-state index contributed by atoms with van der Waals surface area (Å²) < 4.78 is 1.68. The first-order valence-electron chi connectivity index (χ1n) is 6.12. The molecule has 1 aromatic heterocycles. The molecule has 0 fully saturated rings. The summed E-state index contributed by atoms with van der Waals surface area (Å²) in [5.41, 5.74) is 1.83. The Balaban J connectivity index is 2.33. The summed E-state index contributed by atoms with van der Waals surface area (Å²) in [6.45, 7) is 4.34. The number of halogens is 1. The number of para-hydroxylation sites is 1. The van der Waals surface area contributed by atoms with Gasteiger partial charge in [-0.2, -0.15) is 5.10 Å². The molecule has 0 aliphatic heterocycles. The minimum absolute atomic E-state index is 0.399. The molecular formula is C13H17ClN4. The standard InChI is InChI=1S/C13H17ClN4/c1-3-5-10(2)17-12-7-4-6-11(14)13(12)18-9-15-8-16-18/h4,6-10,17H,3,5H2,1-2H3. The van der Waals surface area contributed by atoms with Gasteiger partial charge in [0, 0.05) is 6.04 Å². The maximum Gasteiger partial charge on any atom is 0.138 e. The van der Waals surface area contributed by atoms with E-state index in [1.807, 2.05) is 18.2 Å². The van der Waals surface area contributed by atoms with Crippen LogP contribution >= 0.6 is 11.6 Å². The first-order chi connectivity index (χ1) is 8.72. The van der Waals surface area contributed by atoms with E-state index >= 15 is 0 Å². The fourth-order valence-electron chi connectivity index (χ4n) is 1.96. The normalized spacial score (nSPS) is 12.4. The van der Waals surface area contributed by atoms with Gasteiger partial charge in [0.15, 0.2) is 0 Å². The lowest BCUT2D eigenvalue weighted by atomic mass is 10.1. The van der Waals surface area contributed by atoms with Crippen LogP contribution in [0.2, 0.25) is 5.02 Å². The first kappa shape index (κ1) is 12.9. The van der Waals surface area contributed by atoms with Gasteiger partial charge in [-0.3, -0.25) is 0 Å². The van der Waals surface area contributed by atoms with Crippen LogP contribution < -0.4 is 5.32 Å². The summed E-state index contributed by atoms with van der Waals surface area (Å²) in [6.07, 6.45) is 5.41. The van der Waals surface area contributed by atoms with Crippen LogP contribution in [0.3, 0.4) is 0 Å². The molecule has 18 heavy (non-hydrogen) atoms. The van der Waals surface area contributed by atoms with E-state index in [1.54, 1.807) is 11.0 Å². The summed E-state index contributed by atoms with van der Waals surface area (Å²) >= 11 is 6.25. The number of rotatable bonds is 5. The topological polar surface area (TPSA) is 42.7 Å². The molecule has 96 valence electrons. The van der Waals surface area contributed by atoms with Gasteiger partial charge in [-0.25, -0.2) is 9.67 Å². The molecule has 5 heteroatoms. The number of benzene rings is 1. The average molecular weight is 265 g/mol. The lowest BCUT2D eigenvalue weighted by Crippen LogP contribution is -2.16. The fraction of sp³-hybridized carbons (Fsp3) is 0.385. The van der Waals surface area contributed by atoms with E-state index in [0.29, 0.717) is 11.1 Å². The zero-order valence-corrected chi connectivity index (χ0v) is 11.4. The maximum atomic E-state index is 6.25. The van der Waals surface area contributed by atoms with Gasteiger partial charge in [0.2, 0.25) is 0 Å². The number of aromatic nitrogens is 3. The summed E-state index contributed by atoms with van der Waals surface area (Å²) in [7, 11) is 0. The van der Waals surface area contributed by atoms with Crippen molar-refractivity contribution in [3.8, 4) is 5.69 Å². The predicted octanol–water partition coefficient (Wildman–Crippen LogP) is 3.52. The summed E-state index contributed by atoms with van der Waals surface area (Å²) in [5, 5.41) is 8.27. The van der Waals surface area contributed by atoms with Crippen LogP contribution in [-0.4, -0.2) is 20.8 Å². The Bertz CT molecular complexity index is 496. The lowest BCUT2D eigenvalue weighted by molar-refractivity contribution is 0.689. The quantitative estimate of drug-likeness (QED) is 0.899. The second kappa shape index (κ2) is 5.87. The highest BCUT2D eigenvalue weighted by molar-refractivity contribution is 6.33. The van der Waals surface area contributed by atoms with Gasteiger partial charge in [0.25, 0.3) is 0 Å². The molecule has 1 unspecified atom stereocenters. The summed E-state index contributed by atoms with van der Waals surface area (Å²) in [6, 6.07) is 6.20. The molecule has 2 aromatic rings. The Kier molecular flexibility index (Phi) is 4.20. The van der Waals surface area contributed by atoms with Crippen molar-refractivity contribution in [2.24, 2.45) is 0 Å². The molecule has 4 nitrogen and oxygen atoms in total. The Morgan fingerprint density at radius 2 is 2.28 bits per heavy atom. The third-order valence-electron chi connectivity index (χ3n) is 2.76. The van der Waals surface area contributed by atoms with Crippen LogP contribution in [0.15, 0.2) is 30.9 Å². The molecule has 0 spiro atoms.